The van der Waals surface area contributed by atoms with Crippen molar-refractivity contribution in [3.63, 3.8) is 0 Å². The lowest BCUT2D eigenvalue weighted by Crippen LogP contribution is -2.46. The lowest BCUT2D eigenvalue weighted by Gasteiger charge is -2.36. The first-order valence-electron chi connectivity index (χ1n) is 7.81. The maximum Gasteiger partial charge on any atom is 0.177 e. The van der Waals surface area contributed by atoms with Gasteiger partial charge in [0.2, 0.25) is 0 Å². The number of imidazole rings is 1. The summed E-state index contributed by atoms with van der Waals surface area (Å²) >= 11 is 6.29. The van der Waals surface area contributed by atoms with Crippen molar-refractivity contribution >= 4 is 28.5 Å². The second-order valence-corrected chi connectivity index (χ2v) is 6.18. The topological polar surface area (TPSA) is 48.1 Å². The summed E-state index contributed by atoms with van der Waals surface area (Å²) < 4.78 is 0. The molecule has 1 fully saturated rings. The van der Waals surface area contributed by atoms with Gasteiger partial charge in [-0.05, 0) is 24.3 Å². The van der Waals surface area contributed by atoms with Gasteiger partial charge in [-0.3, -0.25) is 4.90 Å². The second kappa shape index (κ2) is 6.18. The summed E-state index contributed by atoms with van der Waals surface area (Å²) in [6, 6.07) is 12.0. The molecule has 0 radical (unpaired) electrons. The number of H-pyrrole nitrogens is 1. The van der Waals surface area contributed by atoms with E-state index >= 15 is 0 Å². The molecule has 0 bridgehead atoms. The number of hydrogen-bond donors (Lipinski definition) is 1. The summed E-state index contributed by atoms with van der Waals surface area (Å²) in [5.74, 6) is 0.977. The summed E-state index contributed by atoms with van der Waals surface area (Å²) in [6.45, 7) is 4.77. The van der Waals surface area contributed by atoms with Gasteiger partial charge >= 0.3 is 0 Å². The van der Waals surface area contributed by atoms with Crippen LogP contribution in [0.1, 0.15) is 5.82 Å². The molecule has 0 unspecified atom stereocenters. The number of aromatic nitrogens is 3. The third kappa shape index (κ3) is 3.02. The fourth-order valence-corrected chi connectivity index (χ4v) is 3.29. The highest BCUT2D eigenvalue weighted by Crippen LogP contribution is 2.26. The lowest BCUT2D eigenvalue weighted by molar-refractivity contribution is 0.245. The van der Waals surface area contributed by atoms with Crippen LogP contribution in [0.3, 0.4) is 0 Å². The zero-order valence-corrected chi connectivity index (χ0v) is 13.5. The molecule has 23 heavy (non-hydrogen) atoms. The maximum absolute atomic E-state index is 6.29. The van der Waals surface area contributed by atoms with Crippen molar-refractivity contribution in [1.82, 2.24) is 19.9 Å². The van der Waals surface area contributed by atoms with Crippen LogP contribution in [0.15, 0.2) is 42.6 Å². The van der Waals surface area contributed by atoms with Gasteiger partial charge in [0.1, 0.15) is 5.82 Å². The summed E-state index contributed by atoms with van der Waals surface area (Å²) in [5.41, 5.74) is 2.91. The van der Waals surface area contributed by atoms with Crippen LogP contribution in [0.25, 0.3) is 11.2 Å². The normalized spacial score (nSPS) is 16.1. The fourth-order valence-electron chi connectivity index (χ4n) is 3.04. The van der Waals surface area contributed by atoms with Gasteiger partial charge < -0.3 is 9.88 Å². The molecule has 0 atom stereocenters. The summed E-state index contributed by atoms with van der Waals surface area (Å²) in [4.78, 5) is 16.9. The second-order valence-electron chi connectivity index (χ2n) is 5.77. The molecule has 1 aliphatic heterocycles. The number of pyridine rings is 1. The Balaban J connectivity index is 1.41. The van der Waals surface area contributed by atoms with E-state index in [1.54, 1.807) is 6.20 Å². The molecular formula is C17H18ClN5. The molecule has 6 heteroatoms. The first-order valence-corrected chi connectivity index (χ1v) is 8.19. The Hall–Kier alpha value is -2.11. The minimum absolute atomic E-state index is 0.789. The van der Waals surface area contributed by atoms with Crippen LogP contribution in [-0.2, 0) is 6.54 Å². The number of para-hydroxylation sites is 1. The zero-order chi connectivity index (χ0) is 15.6. The molecule has 0 saturated carbocycles. The molecule has 5 nitrogen and oxygen atoms in total. The number of nitrogens with zero attached hydrogens (tertiary/aromatic N) is 4. The molecule has 3 heterocycles. The number of halogens is 1. The number of anilines is 1. The number of benzene rings is 1. The van der Waals surface area contributed by atoms with Gasteiger partial charge in [-0.15, -0.1) is 0 Å². The molecule has 4 rings (SSSR count). The van der Waals surface area contributed by atoms with Crippen LogP contribution < -0.4 is 4.90 Å². The number of nitrogens with one attached hydrogen (secondary N) is 1. The van der Waals surface area contributed by atoms with Crippen molar-refractivity contribution in [3.05, 3.63) is 53.4 Å². The van der Waals surface area contributed by atoms with Crippen LogP contribution in [0.5, 0.6) is 0 Å². The predicted octanol–water partition coefficient (Wildman–Crippen LogP) is 2.93. The number of hydrogen-bond acceptors (Lipinski definition) is 4. The Morgan fingerprint density at radius 3 is 2.65 bits per heavy atom. The quantitative estimate of drug-likeness (QED) is 0.803. The van der Waals surface area contributed by atoms with Crippen LogP contribution in [0.4, 0.5) is 5.69 Å². The zero-order valence-electron chi connectivity index (χ0n) is 12.7. The summed E-state index contributed by atoms with van der Waals surface area (Å²) in [6.07, 6.45) is 1.77. The van der Waals surface area contributed by atoms with Gasteiger partial charge in [0, 0.05) is 32.4 Å². The van der Waals surface area contributed by atoms with Gasteiger partial charge in [0.15, 0.2) is 5.65 Å². The molecule has 1 aromatic carbocycles. The molecule has 0 aliphatic carbocycles. The minimum atomic E-state index is 0.789. The number of fused-ring (bicyclic) bond motifs is 1. The van der Waals surface area contributed by atoms with Crippen LogP contribution >= 0.6 is 11.6 Å². The van der Waals surface area contributed by atoms with Gasteiger partial charge in [-0.25, -0.2) is 9.97 Å². The van der Waals surface area contributed by atoms with Crippen molar-refractivity contribution in [3.8, 4) is 0 Å². The molecular weight excluding hydrogens is 310 g/mol. The minimum Gasteiger partial charge on any atom is -0.368 e. The van der Waals surface area contributed by atoms with Crippen LogP contribution in [-0.4, -0.2) is 46.0 Å². The molecule has 1 N–H and O–H groups in total. The van der Waals surface area contributed by atoms with E-state index in [-0.39, 0.29) is 0 Å². The van der Waals surface area contributed by atoms with Gasteiger partial charge in [0.05, 0.1) is 22.8 Å². The first-order chi connectivity index (χ1) is 11.3. The predicted molar refractivity (Wildman–Crippen MR) is 92.8 cm³/mol. The molecule has 0 amide bonds. The third-order valence-corrected chi connectivity index (χ3v) is 4.56. The van der Waals surface area contributed by atoms with Crippen molar-refractivity contribution in [1.29, 1.82) is 0 Å². The number of piperazine rings is 1. The summed E-state index contributed by atoms with van der Waals surface area (Å²) in [7, 11) is 0. The Morgan fingerprint density at radius 1 is 1.04 bits per heavy atom. The van der Waals surface area contributed by atoms with Crippen molar-refractivity contribution in [2.24, 2.45) is 0 Å². The molecule has 118 valence electrons. The standard InChI is InChI=1S/C17H18ClN5/c18-13-4-1-2-6-15(13)23-10-8-22(9-11-23)12-16-20-14-5-3-7-19-17(14)21-16/h1-7H,8-12H2,(H,19,20,21). The van der Waals surface area contributed by atoms with E-state index < -0.39 is 0 Å². The molecule has 1 saturated heterocycles. The van der Waals surface area contributed by atoms with E-state index in [0.29, 0.717) is 0 Å². The smallest absolute Gasteiger partial charge is 0.177 e. The van der Waals surface area contributed by atoms with Gasteiger partial charge in [0.25, 0.3) is 0 Å². The Kier molecular flexibility index (Phi) is 3.89. The number of rotatable bonds is 3. The van der Waals surface area contributed by atoms with E-state index in [4.69, 9.17) is 11.6 Å². The highest BCUT2D eigenvalue weighted by Gasteiger charge is 2.19. The maximum atomic E-state index is 6.29. The van der Waals surface area contributed by atoms with Gasteiger partial charge in [-0.2, -0.15) is 0 Å². The third-order valence-electron chi connectivity index (χ3n) is 4.25. The van der Waals surface area contributed by atoms with E-state index in [1.165, 1.54) is 0 Å². The van der Waals surface area contributed by atoms with Crippen molar-refractivity contribution in [2.45, 2.75) is 6.54 Å². The van der Waals surface area contributed by atoms with Crippen molar-refractivity contribution < 1.29 is 0 Å². The highest BCUT2D eigenvalue weighted by molar-refractivity contribution is 6.33. The fraction of sp³-hybridized carbons (Fsp3) is 0.294. The van der Waals surface area contributed by atoms with Crippen molar-refractivity contribution in [2.75, 3.05) is 31.1 Å². The van der Waals surface area contributed by atoms with E-state index in [9.17, 15) is 0 Å². The average Bonchev–Trinajstić information content (AvgIpc) is 2.98. The monoisotopic (exact) mass is 327 g/mol. The van der Waals surface area contributed by atoms with Crippen LogP contribution in [0.2, 0.25) is 5.02 Å². The Morgan fingerprint density at radius 2 is 1.87 bits per heavy atom. The van der Waals surface area contributed by atoms with E-state index in [2.05, 4.69) is 30.8 Å². The summed E-state index contributed by atoms with van der Waals surface area (Å²) in [5, 5.41) is 0.823. The Bertz CT molecular complexity index is 774. The lowest BCUT2D eigenvalue weighted by atomic mass is 10.2. The first kappa shape index (κ1) is 14.5. The molecule has 0 spiro atoms. The molecule has 1 aliphatic rings. The number of aromatic amines is 1. The van der Waals surface area contributed by atoms with E-state index in [1.807, 2.05) is 30.3 Å². The van der Waals surface area contributed by atoms with E-state index in [0.717, 1.165) is 60.4 Å². The molecule has 3 aromatic rings. The van der Waals surface area contributed by atoms with Gasteiger partial charge in [-0.1, -0.05) is 23.7 Å². The van der Waals surface area contributed by atoms with Crippen LogP contribution in [0, 0.1) is 0 Å². The average molecular weight is 328 g/mol. The Labute approximate surface area is 139 Å². The highest BCUT2D eigenvalue weighted by atomic mass is 35.5. The SMILES string of the molecule is Clc1ccccc1N1CCN(Cc2nc3ncccc3[nH]2)CC1. The molecule has 2 aromatic heterocycles. The largest absolute Gasteiger partial charge is 0.368 e.